The molecule has 1 aromatic carbocycles. The predicted octanol–water partition coefficient (Wildman–Crippen LogP) is 4.77. The van der Waals surface area contributed by atoms with Crippen LogP contribution in [0.1, 0.15) is 44.7 Å². The molecule has 0 aromatic heterocycles. The first kappa shape index (κ1) is 17.1. The molecule has 1 fully saturated rings. The quantitative estimate of drug-likeness (QED) is 0.837. The van der Waals surface area contributed by atoms with Crippen molar-refractivity contribution in [3.63, 3.8) is 0 Å². The largest absolute Gasteiger partial charge is 0.309 e. The first-order valence-corrected chi connectivity index (χ1v) is 8.56. The summed E-state index contributed by atoms with van der Waals surface area (Å²) in [5, 5.41) is 5.00. The minimum absolute atomic E-state index is 0.344. The van der Waals surface area contributed by atoms with Crippen molar-refractivity contribution in [3.05, 3.63) is 33.8 Å². The Morgan fingerprint density at radius 3 is 2.48 bits per heavy atom. The van der Waals surface area contributed by atoms with Crippen molar-refractivity contribution >= 4 is 23.2 Å². The Kier molecular flexibility index (Phi) is 5.96. The molecule has 2 rings (SSSR count). The van der Waals surface area contributed by atoms with Gasteiger partial charge in [-0.3, -0.25) is 0 Å². The molecular weight excluding hydrogens is 303 g/mol. The number of hydrogen-bond donors (Lipinski definition) is 1. The van der Waals surface area contributed by atoms with Gasteiger partial charge >= 0.3 is 0 Å². The van der Waals surface area contributed by atoms with Crippen LogP contribution in [0, 0.1) is 5.41 Å². The predicted molar refractivity (Wildman–Crippen MR) is 92.3 cm³/mol. The lowest BCUT2D eigenvalue weighted by molar-refractivity contribution is 0.133. The van der Waals surface area contributed by atoms with Crippen LogP contribution in [0.15, 0.2) is 18.2 Å². The van der Waals surface area contributed by atoms with Crippen LogP contribution in [-0.2, 0) is 0 Å². The van der Waals surface area contributed by atoms with Crippen molar-refractivity contribution < 1.29 is 0 Å². The van der Waals surface area contributed by atoms with Gasteiger partial charge < -0.3 is 10.2 Å². The van der Waals surface area contributed by atoms with Crippen LogP contribution in [0.5, 0.6) is 0 Å². The number of rotatable bonds is 5. The number of nitrogens with one attached hydrogen (secondary N) is 1. The maximum absolute atomic E-state index is 6.14. The van der Waals surface area contributed by atoms with Crippen LogP contribution in [0.25, 0.3) is 0 Å². The van der Waals surface area contributed by atoms with Gasteiger partial charge in [0.2, 0.25) is 0 Å². The second kappa shape index (κ2) is 7.32. The number of benzene rings is 1. The van der Waals surface area contributed by atoms with Gasteiger partial charge in [0.05, 0.1) is 10.0 Å². The van der Waals surface area contributed by atoms with Gasteiger partial charge in [0.1, 0.15) is 0 Å². The summed E-state index contributed by atoms with van der Waals surface area (Å²) in [4.78, 5) is 2.41. The molecule has 4 heteroatoms. The van der Waals surface area contributed by atoms with E-state index in [4.69, 9.17) is 23.2 Å². The molecule has 1 heterocycles. The second-order valence-electron chi connectivity index (χ2n) is 6.63. The van der Waals surface area contributed by atoms with E-state index in [2.05, 4.69) is 37.2 Å². The highest BCUT2D eigenvalue weighted by Crippen LogP contribution is 2.31. The average Bonchev–Trinajstić information content (AvgIpc) is 2.47. The van der Waals surface area contributed by atoms with Gasteiger partial charge in [-0.2, -0.15) is 0 Å². The third-order valence-corrected chi connectivity index (χ3v) is 5.46. The first-order chi connectivity index (χ1) is 9.93. The lowest BCUT2D eigenvalue weighted by atomic mass is 9.80. The fourth-order valence-corrected chi connectivity index (χ4v) is 3.24. The third kappa shape index (κ3) is 4.59. The van der Waals surface area contributed by atoms with Gasteiger partial charge in [0, 0.05) is 12.6 Å². The van der Waals surface area contributed by atoms with Gasteiger partial charge in [0.15, 0.2) is 0 Å². The molecule has 0 spiro atoms. The summed E-state index contributed by atoms with van der Waals surface area (Å²) in [6.45, 7) is 8.05. The molecule has 1 aliphatic heterocycles. The van der Waals surface area contributed by atoms with E-state index in [0.717, 1.165) is 13.0 Å². The molecule has 1 atom stereocenters. The Hall–Kier alpha value is -0.280. The van der Waals surface area contributed by atoms with Crippen LogP contribution in [-0.4, -0.2) is 31.6 Å². The number of halogens is 2. The Balaban J connectivity index is 1.97. The third-order valence-electron chi connectivity index (χ3n) is 4.72. The van der Waals surface area contributed by atoms with Crippen molar-refractivity contribution in [1.29, 1.82) is 0 Å². The van der Waals surface area contributed by atoms with Crippen molar-refractivity contribution in [3.8, 4) is 0 Å². The molecule has 1 saturated heterocycles. The van der Waals surface area contributed by atoms with E-state index in [9.17, 15) is 0 Å². The Bertz CT molecular complexity index is 468. The zero-order valence-electron chi connectivity index (χ0n) is 13.3. The molecular formula is C17H26Cl2N2. The monoisotopic (exact) mass is 328 g/mol. The zero-order valence-corrected chi connectivity index (χ0v) is 14.8. The highest BCUT2D eigenvalue weighted by atomic mass is 35.5. The Labute approximate surface area is 138 Å². The molecule has 0 saturated carbocycles. The molecule has 2 nitrogen and oxygen atoms in total. The Morgan fingerprint density at radius 2 is 1.90 bits per heavy atom. The molecule has 0 aliphatic carbocycles. The van der Waals surface area contributed by atoms with Crippen LogP contribution >= 0.6 is 23.2 Å². The fourth-order valence-electron chi connectivity index (χ4n) is 2.93. The maximum atomic E-state index is 6.14. The van der Waals surface area contributed by atoms with Gasteiger partial charge in [-0.05, 0) is 62.5 Å². The summed E-state index contributed by atoms with van der Waals surface area (Å²) in [5.74, 6) is 0. The summed E-state index contributed by atoms with van der Waals surface area (Å²) in [6.07, 6.45) is 3.57. The smallest absolute Gasteiger partial charge is 0.0595 e. The van der Waals surface area contributed by atoms with E-state index < -0.39 is 0 Å². The van der Waals surface area contributed by atoms with Crippen LogP contribution in [0.4, 0.5) is 0 Å². The molecule has 1 aliphatic rings. The van der Waals surface area contributed by atoms with E-state index in [1.54, 1.807) is 0 Å². The standard InChI is InChI=1S/C17H26Cl2N2/c1-4-16(13-5-6-14(18)15(19)11-13)20-12-17(2)7-9-21(3)10-8-17/h5-6,11,16,20H,4,7-10,12H2,1-3H3. The molecule has 0 bridgehead atoms. The molecule has 1 unspecified atom stereocenters. The van der Waals surface area contributed by atoms with Crippen molar-refractivity contribution in [2.24, 2.45) is 5.41 Å². The van der Waals surface area contributed by atoms with Gasteiger partial charge in [0.25, 0.3) is 0 Å². The number of nitrogens with zero attached hydrogens (tertiary/aromatic N) is 1. The van der Waals surface area contributed by atoms with Crippen LogP contribution in [0.2, 0.25) is 10.0 Å². The lowest BCUT2D eigenvalue weighted by Gasteiger charge is -2.39. The molecule has 1 aromatic rings. The molecule has 118 valence electrons. The van der Waals surface area contributed by atoms with Crippen LogP contribution in [0.3, 0.4) is 0 Å². The minimum Gasteiger partial charge on any atom is -0.309 e. The van der Waals surface area contributed by atoms with E-state index in [1.807, 2.05) is 12.1 Å². The van der Waals surface area contributed by atoms with E-state index in [1.165, 1.54) is 31.5 Å². The summed E-state index contributed by atoms with van der Waals surface area (Å²) in [7, 11) is 2.21. The van der Waals surface area contributed by atoms with Crippen molar-refractivity contribution in [2.75, 3.05) is 26.7 Å². The molecule has 0 amide bonds. The highest BCUT2D eigenvalue weighted by molar-refractivity contribution is 6.42. The second-order valence-corrected chi connectivity index (χ2v) is 7.44. The Morgan fingerprint density at radius 1 is 1.24 bits per heavy atom. The number of likely N-dealkylation sites (tertiary alicyclic amines) is 1. The van der Waals surface area contributed by atoms with Crippen molar-refractivity contribution in [1.82, 2.24) is 10.2 Å². The van der Waals surface area contributed by atoms with Gasteiger partial charge in [-0.25, -0.2) is 0 Å². The van der Waals surface area contributed by atoms with Gasteiger partial charge in [-0.1, -0.05) is 43.1 Å². The number of hydrogen-bond acceptors (Lipinski definition) is 2. The molecule has 21 heavy (non-hydrogen) atoms. The summed E-state index contributed by atoms with van der Waals surface area (Å²) in [5.41, 5.74) is 1.62. The molecule has 1 N–H and O–H groups in total. The summed E-state index contributed by atoms with van der Waals surface area (Å²) in [6, 6.07) is 6.30. The van der Waals surface area contributed by atoms with Gasteiger partial charge in [-0.15, -0.1) is 0 Å². The summed E-state index contributed by atoms with van der Waals surface area (Å²) < 4.78 is 0. The topological polar surface area (TPSA) is 15.3 Å². The van der Waals surface area contributed by atoms with E-state index in [-0.39, 0.29) is 0 Å². The first-order valence-electron chi connectivity index (χ1n) is 7.80. The average molecular weight is 329 g/mol. The number of piperidine rings is 1. The SMILES string of the molecule is CCC(NCC1(C)CCN(C)CC1)c1ccc(Cl)c(Cl)c1. The van der Waals surface area contributed by atoms with Crippen LogP contribution < -0.4 is 5.32 Å². The summed E-state index contributed by atoms with van der Waals surface area (Å²) >= 11 is 12.1. The van der Waals surface area contributed by atoms with Crippen molar-refractivity contribution in [2.45, 2.75) is 39.2 Å². The minimum atomic E-state index is 0.344. The fraction of sp³-hybridized carbons (Fsp3) is 0.647. The maximum Gasteiger partial charge on any atom is 0.0595 e. The van der Waals surface area contributed by atoms with E-state index in [0.29, 0.717) is 21.5 Å². The zero-order chi connectivity index (χ0) is 15.5. The highest BCUT2D eigenvalue weighted by Gasteiger charge is 2.29. The van der Waals surface area contributed by atoms with E-state index >= 15 is 0 Å². The lowest BCUT2D eigenvalue weighted by Crippen LogP contribution is -2.42. The molecule has 0 radical (unpaired) electrons. The normalized spacial score (nSPS) is 20.4.